The van der Waals surface area contributed by atoms with E-state index in [-0.39, 0.29) is 53.1 Å². The van der Waals surface area contributed by atoms with Crippen LogP contribution in [0.2, 0.25) is 0 Å². The highest BCUT2D eigenvalue weighted by atomic mass is 35.5. The van der Waals surface area contributed by atoms with E-state index in [1.807, 2.05) is 13.0 Å². The van der Waals surface area contributed by atoms with Crippen LogP contribution in [0.5, 0.6) is 0 Å². The quantitative estimate of drug-likeness (QED) is 0.458. The number of carbonyl (C=O) groups excluding carboxylic acids is 2. The van der Waals surface area contributed by atoms with E-state index in [1.54, 1.807) is 6.07 Å². The number of nitrogens with one attached hydrogen (secondary N) is 1. The summed E-state index contributed by atoms with van der Waals surface area (Å²) in [5.74, 6) is 1.08. The fourth-order valence-corrected chi connectivity index (χ4v) is 6.75. The van der Waals surface area contributed by atoms with Crippen LogP contribution >= 0.6 is 24.8 Å². The van der Waals surface area contributed by atoms with Crippen molar-refractivity contribution in [2.75, 3.05) is 18.8 Å². The molecule has 4 rings (SSSR count). The van der Waals surface area contributed by atoms with Gasteiger partial charge in [-0.25, -0.2) is 14.3 Å². The van der Waals surface area contributed by atoms with Gasteiger partial charge < -0.3 is 16.8 Å². The van der Waals surface area contributed by atoms with Crippen LogP contribution in [-0.4, -0.2) is 46.0 Å². The molecule has 0 aromatic carbocycles. The lowest BCUT2D eigenvalue weighted by molar-refractivity contribution is -0.900. The maximum absolute atomic E-state index is 14.5. The maximum Gasteiger partial charge on any atom is 0.331 e. The van der Waals surface area contributed by atoms with E-state index in [9.17, 15) is 9.59 Å². The van der Waals surface area contributed by atoms with Crippen molar-refractivity contribution in [3.05, 3.63) is 23.4 Å². The molecular weight excluding hydrogens is 473 g/mol. The van der Waals surface area contributed by atoms with Crippen molar-refractivity contribution in [2.24, 2.45) is 17.6 Å². The molecule has 4 atom stereocenters. The number of carbonyl (C=O) groups is 2. The predicted molar refractivity (Wildman–Crippen MR) is 140 cm³/mol. The lowest BCUT2D eigenvalue weighted by atomic mass is 9.83. The molecule has 1 aliphatic heterocycles. The van der Waals surface area contributed by atoms with Crippen molar-refractivity contribution >= 4 is 42.4 Å². The van der Waals surface area contributed by atoms with Gasteiger partial charge in [-0.05, 0) is 50.8 Å². The molecule has 0 radical (unpaired) electrons. The number of rotatable bonds is 8. The minimum atomic E-state index is -0.774. The number of amides is 2. The van der Waals surface area contributed by atoms with Gasteiger partial charge in [0.15, 0.2) is 5.54 Å². The Morgan fingerprint density at radius 2 is 1.88 bits per heavy atom. The van der Waals surface area contributed by atoms with Crippen LogP contribution in [-0.2, 0) is 16.1 Å². The second kappa shape index (κ2) is 11.5. The van der Waals surface area contributed by atoms with Gasteiger partial charge in [-0.3, -0.25) is 4.79 Å². The van der Waals surface area contributed by atoms with Gasteiger partial charge in [-0.1, -0.05) is 39.0 Å². The molecule has 9 heteroatoms. The van der Waals surface area contributed by atoms with Gasteiger partial charge in [-0.15, -0.1) is 24.8 Å². The first-order valence-corrected chi connectivity index (χ1v) is 12.5. The van der Waals surface area contributed by atoms with Crippen molar-refractivity contribution in [1.29, 1.82) is 0 Å². The van der Waals surface area contributed by atoms with E-state index in [0.717, 1.165) is 43.5 Å². The van der Waals surface area contributed by atoms with Gasteiger partial charge in [0.05, 0.1) is 6.54 Å². The minimum Gasteiger partial charge on any atom is -0.384 e. The van der Waals surface area contributed by atoms with E-state index in [2.05, 4.69) is 17.2 Å². The molecule has 3 aliphatic rings. The van der Waals surface area contributed by atoms with Crippen molar-refractivity contribution in [3.8, 4) is 0 Å². The van der Waals surface area contributed by atoms with Crippen molar-refractivity contribution in [2.45, 2.75) is 89.8 Å². The molecule has 34 heavy (non-hydrogen) atoms. The second-order valence-electron chi connectivity index (χ2n) is 10.4. The predicted octanol–water partition coefficient (Wildman–Crippen LogP) is 3.65. The number of fused-ring (bicyclic) bond motifs is 1. The molecule has 192 valence electrons. The Bertz CT molecular complexity index is 879. The Morgan fingerprint density at radius 3 is 2.50 bits per heavy atom. The highest BCUT2D eigenvalue weighted by molar-refractivity contribution is 5.91. The smallest absolute Gasteiger partial charge is 0.331 e. The van der Waals surface area contributed by atoms with E-state index in [0.29, 0.717) is 24.8 Å². The summed E-state index contributed by atoms with van der Waals surface area (Å²) in [5.41, 5.74) is 13.0. The first-order chi connectivity index (χ1) is 15.3. The highest BCUT2D eigenvalue weighted by Gasteiger charge is 2.76. The van der Waals surface area contributed by atoms with E-state index < -0.39 is 5.54 Å². The zero-order valence-corrected chi connectivity index (χ0v) is 22.2. The highest BCUT2D eigenvalue weighted by Crippen LogP contribution is 2.59. The summed E-state index contributed by atoms with van der Waals surface area (Å²) in [4.78, 5) is 31.8. The normalized spacial score (nSPS) is 29.2. The van der Waals surface area contributed by atoms with Crippen LogP contribution in [0.3, 0.4) is 0 Å². The molecule has 0 bridgehead atoms. The van der Waals surface area contributed by atoms with Crippen molar-refractivity contribution < 1.29 is 14.1 Å². The fraction of sp³-hybridized carbons (Fsp3) is 0.720. The average Bonchev–Trinajstić information content (AvgIpc) is 3.53. The number of nitrogen functional groups attached to an aromatic ring is 1. The van der Waals surface area contributed by atoms with E-state index in [4.69, 9.17) is 11.5 Å². The van der Waals surface area contributed by atoms with Crippen LogP contribution < -0.4 is 16.8 Å². The standard InChI is InChI=1S/C25H39N5O2.2ClH/c1-3-28-21(14-18-8-5-4-6-9-18)23(31)30(16-19-11-12-22(26)29-17(19)2)13-7-10-20-15-25(20,30)24(27)32;;/h11-12,18,20-21,28H,3-10,13-16H2,1-2H3,(H3-,26,27,29,32);2*1H/p+1/t20-,21-,25+,30?;;/m1../s1. The van der Waals surface area contributed by atoms with Crippen LogP contribution in [0.25, 0.3) is 0 Å². The Morgan fingerprint density at radius 1 is 1.18 bits per heavy atom. The number of nitrogens with two attached hydrogens (primary N) is 2. The molecule has 0 spiro atoms. The summed E-state index contributed by atoms with van der Waals surface area (Å²) in [5, 5.41) is 3.50. The van der Waals surface area contributed by atoms with Gasteiger partial charge in [-0.2, -0.15) is 0 Å². The van der Waals surface area contributed by atoms with Gasteiger partial charge in [0.2, 0.25) is 0 Å². The molecule has 2 heterocycles. The number of primary amides is 1. The third-order valence-corrected chi connectivity index (χ3v) is 8.48. The van der Waals surface area contributed by atoms with Gasteiger partial charge in [0.25, 0.3) is 5.91 Å². The summed E-state index contributed by atoms with van der Waals surface area (Å²) in [6.45, 7) is 5.85. The zero-order valence-electron chi connectivity index (χ0n) is 20.6. The number of pyridine rings is 1. The molecule has 2 saturated carbocycles. The van der Waals surface area contributed by atoms with Gasteiger partial charge in [0.1, 0.15) is 18.4 Å². The fourth-order valence-electron chi connectivity index (χ4n) is 6.75. The van der Waals surface area contributed by atoms with Crippen molar-refractivity contribution in [3.63, 3.8) is 0 Å². The first kappa shape index (κ1) is 28.8. The molecule has 5 N–H and O–H groups in total. The third-order valence-electron chi connectivity index (χ3n) is 8.48. The van der Waals surface area contributed by atoms with Gasteiger partial charge in [0, 0.05) is 23.6 Å². The SMILES string of the molecule is CCN[C@H](CC1CCCCC1)C(=O)[N+]1(Cc2ccc(N)nc2C)CCC[C@@H]2C[C@@]21C(N)=O.Cl.Cl. The summed E-state index contributed by atoms with van der Waals surface area (Å²) >= 11 is 0. The summed E-state index contributed by atoms with van der Waals surface area (Å²) < 4.78 is 0.143. The molecule has 2 amide bonds. The Kier molecular flexibility index (Phi) is 9.79. The molecular formula is C25H42Cl2N5O2+. The van der Waals surface area contributed by atoms with Crippen molar-refractivity contribution in [1.82, 2.24) is 10.3 Å². The summed E-state index contributed by atoms with van der Waals surface area (Å²) in [6, 6.07) is 3.51. The van der Waals surface area contributed by atoms with Crippen LogP contribution in [0.4, 0.5) is 5.82 Å². The zero-order chi connectivity index (χ0) is 22.9. The topological polar surface area (TPSA) is 111 Å². The number of aryl methyl sites for hydroxylation is 1. The number of likely N-dealkylation sites (N-methyl/N-ethyl adjacent to an activating group) is 1. The molecule has 2 aliphatic carbocycles. The third kappa shape index (κ3) is 5.08. The number of likely N-dealkylation sites (tertiary alicyclic amines) is 1. The van der Waals surface area contributed by atoms with Crippen LogP contribution in [0.1, 0.15) is 76.0 Å². The maximum atomic E-state index is 14.5. The lowest BCUT2D eigenvalue weighted by Gasteiger charge is -2.46. The number of piperidine rings is 1. The number of halogens is 2. The van der Waals surface area contributed by atoms with Crippen LogP contribution in [0, 0.1) is 18.8 Å². The molecule has 1 aromatic rings. The average molecular weight is 516 g/mol. The molecule has 1 unspecified atom stereocenters. The summed E-state index contributed by atoms with van der Waals surface area (Å²) in [7, 11) is 0. The van der Waals surface area contributed by atoms with E-state index >= 15 is 0 Å². The Hall–Kier alpha value is -1.41. The number of aromatic nitrogens is 1. The summed E-state index contributed by atoms with van der Waals surface area (Å²) in [6.07, 6.45) is 9.68. The minimum absolute atomic E-state index is 0. The number of hydrogen-bond acceptors (Lipinski definition) is 5. The first-order valence-electron chi connectivity index (χ1n) is 12.5. The van der Waals surface area contributed by atoms with Gasteiger partial charge >= 0.3 is 5.91 Å². The van der Waals surface area contributed by atoms with Crippen LogP contribution in [0.15, 0.2) is 12.1 Å². The lowest BCUT2D eigenvalue weighted by Crippen LogP contribution is -2.71. The number of anilines is 1. The number of hydrogen-bond donors (Lipinski definition) is 3. The molecule has 7 nitrogen and oxygen atoms in total. The number of quaternary nitrogens is 1. The monoisotopic (exact) mass is 514 g/mol. The Labute approximate surface area is 216 Å². The molecule has 3 fully saturated rings. The van der Waals surface area contributed by atoms with E-state index in [1.165, 1.54) is 32.1 Å². The molecule has 1 aromatic heterocycles. The Balaban J connectivity index is 0.00000204. The largest absolute Gasteiger partial charge is 0.384 e. The number of nitrogens with zero attached hydrogens (tertiary/aromatic N) is 2. The second-order valence-corrected chi connectivity index (χ2v) is 10.4. The molecule has 1 saturated heterocycles.